The minimum atomic E-state index is -1.23. The third kappa shape index (κ3) is 2.22. The molecule has 1 atom stereocenters. The van der Waals surface area contributed by atoms with E-state index >= 15 is 0 Å². The fourth-order valence-corrected chi connectivity index (χ4v) is 2.05. The maximum absolute atomic E-state index is 13.3. The topological polar surface area (TPSA) is 69.6 Å². The number of amides is 2. The molecule has 2 N–H and O–H groups in total. The van der Waals surface area contributed by atoms with Crippen molar-refractivity contribution in [3.8, 4) is 0 Å². The minimum absolute atomic E-state index is 0.0851. The number of benzene rings is 1. The molecule has 20 heavy (non-hydrogen) atoms. The lowest BCUT2D eigenvalue weighted by Gasteiger charge is -2.32. The van der Waals surface area contributed by atoms with Crippen LogP contribution in [0.25, 0.3) is 0 Å². The Bertz CT molecular complexity index is 628. The molecule has 2 amide bonds. The first-order valence-corrected chi connectivity index (χ1v) is 5.76. The van der Waals surface area contributed by atoms with Crippen molar-refractivity contribution in [1.29, 1.82) is 0 Å². The largest absolute Gasteiger partial charge is 0.478 e. The summed E-state index contributed by atoms with van der Waals surface area (Å²) < 4.78 is 26.2. The van der Waals surface area contributed by atoms with Crippen LogP contribution in [0.3, 0.4) is 0 Å². The number of carbonyl (C=O) groups excluding carboxylic acids is 1. The summed E-state index contributed by atoms with van der Waals surface area (Å²) in [5.74, 6) is -3.37. The van der Waals surface area contributed by atoms with Crippen molar-refractivity contribution in [1.82, 2.24) is 10.2 Å². The average molecular weight is 282 g/mol. The Labute approximate surface area is 113 Å². The van der Waals surface area contributed by atoms with Crippen LogP contribution in [0.4, 0.5) is 13.6 Å². The molecule has 106 valence electrons. The van der Waals surface area contributed by atoms with Gasteiger partial charge in [0.1, 0.15) is 0 Å². The predicted molar refractivity (Wildman–Crippen MR) is 65.7 cm³/mol. The minimum Gasteiger partial charge on any atom is -0.478 e. The van der Waals surface area contributed by atoms with E-state index in [1.165, 1.54) is 20.0 Å². The summed E-state index contributed by atoms with van der Waals surface area (Å²) >= 11 is 0. The predicted octanol–water partition coefficient (Wildman–Crippen LogP) is 2.02. The fourth-order valence-electron chi connectivity index (χ4n) is 2.05. The second-order valence-corrected chi connectivity index (χ2v) is 4.42. The quantitative estimate of drug-likeness (QED) is 0.872. The van der Waals surface area contributed by atoms with Gasteiger partial charge >= 0.3 is 12.0 Å². The Kier molecular flexibility index (Phi) is 3.44. The van der Waals surface area contributed by atoms with Gasteiger partial charge in [-0.3, -0.25) is 0 Å². The van der Waals surface area contributed by atoms with Gasteiger partial charge < -0.3 is 15.3 Å². The SMILES string of the molecule is CC1=C(C(=O)O)[C@@H](c2ccc(F)c(F)c2)NC(=O)N1C. The Morgan fingerprint density at radius 2 is 2.00 bits per heavy atom. The number of carboxylic acids is 1. The van der Waals surface area contributed by atoms with E-state index in [-0.39, 0.29) is 16.8 Å². The molecule has 1 aliphatic rings. The molecule has 0 aliphatic carbocycles. The maximum Gasteiger partial charge on any atom is 0.335 e. The number of halogens is 2. The molecule has 5 nitrogen and oxygen atoms in total. The van der Waals surface area contributed by atoms with Crippen molar-refractivity contribution in [3.63, 3.8) is 0 Å². The van der Waals surface area contributed by atoms with Gasteiger partial charge in [0.2, 0.25) is 0 Å². The summed E-state index contributed by atoms with van der Waals surface area (Å²) in [5.41, 5.74) is 0.330. The van der Waals surface area contributed by atoms with Crippen molar-refractivity contribution in [3.05, 3.63) is 46.7 Å². The Morgan fingerprint density at radius 1 is 1.35 bits per heavy atom. The molecule has 0 saturated carbocycles. The van der Waals surface area contributed by atoms with E-state index < -0.39 is 29.7 Å². The number of carbonyl (C=O) groups is 2. The van der Waals surface area contributed by atoms with E-state index in [2.05, 4.69) is 5.32 Å². The van der Waals surface area contributed by atoms with Crippen molar-refractivity contribution in [2.75, 3.05) is 7.05 Å². The van der Waals surface area contributed by atoms with Crippen LogP contribution in [-0.4, -0.2) is 29.1 Å². The standard InChI is InChI=1S/C13H12F2N2O3/c1-6-10(12(18)19)11(16-13(20)17(6)2)7-3-4-8(14)9(15)5-7/h3-5,11H,1-2H3,(H,16,20)(H,18,19)/t11-/m1/s1. The van der Waals surface area contributed by atoms with Crippen molar-refractivity contribution in [2.24, 2.45) is 0 Å². The normalized spacial score (nSPS) is 19.1. The van der Waals surface area contributed by atoms with E-state index in [1.807, 2.05) is 0 Å². The number of urea groups is 1. The zero-order chi connectivity index (χ0) is 15.0. The summed E-state index contributed by atoms with van der Waals surface area (Å²) in [6.45, 7) is 1.48. The molecule has 1 aromatic carbocycles. The third-order valence-electron chi connectivity index (χ3n) is 3.26. The first kappa shape index (κ1) is 14.0. The number of hydrogen-bond donors (Lipinski definition) is 2. The van der Waals surface area contributed by atoms with Crippen molar-refractivity contribution >= 4 is 12.0 Å². The number of nitrogens with one attached hydrogen (secondary N) is 1. The molecule has 0 unspecified atom stereocenters. The number of allylic oxidation sites excluding steroid dienone is 1. The zero-order valence-corrected chi connectivity index (χ0v) is 10.8. The summed E-state index contributed by atoms with van der Waals surface area (Å²) in [4.78, 5) is 24.2. The van der Waals surface area contributed by atoms with E-state index in [4.69, 9.17) is 0 Å². The average Bonchev–Trinajstić information content (AvgIpc) is 2.38. The van der Waals surface area contributed by atoms with Gasteiger partial charge in [-0.25, -0.2) is 18.4 Å². The molecule has 1 aromatic rings. The molecular weight excluding hydrogens is 270 g/mol. The second kappa shape index (κ2) is 4.92. The van der Waals surface area contributed by atoms with Gasteiger partial charge in [0.05, 0.1) is 11.6 Å². The first-order chi connectivity index (χ1) is 9.32. The number of nitrogens with zero attached hydrogens (tertiary/aromatic N) is 1. The number of rotatable bonds is 2. The van der Waals surface area contributed by atoms with Gasteiger partial charge in [-0.05, 0) is 24.6 Å². The Hall–Kier alpha value is -2.44. The molecule has 1 aliphatic heterocycles. The maximum atomic E-state index is 13.3. The summed E-state index contributed by atoms with van der Waals surface area (Å²) in [6, 6.07) is 1.48. The lowest BCUT2D eigenvalue weighted by Crippen LogP contribution is -2.46. The molecule has 1 heterocycles. The van der Waals surface area contributed by atoms with Gasteiger partial charge in [0.15, 0.2) is 11.6 Å². The number of hydrogen-bond acceptors (Lipinski definition) is 2. The van der Waals surface area contributed by atoms with Crippen LogP contribution in [0.1, 0.15) is 18.5 Å². The highest BCUT2D eigenvalue weighted by molar-refractivity contribution is 5.93. The van der Waals surface area contributed by atoms with Crippen LogP contribution in [-0.2, 0) is 4.79 Å². The first-order valence-electron chi connectivity index (χ1n) is 5.76. The number of aliphatic carboxylic acids is 1. The molecule has 7 heteroatoms. The second-order valence-electron chi connectivity index (χ2n) is 4.42. The molecule has 0 aromatic heterocycles. The van der Waals surface area contributed by atoms with Crippen LogP contribution < -0.4 is 5.32 Å². The Morgan fingerprint density at radius 3 is 2.55 bits per heavy atom. The summed E-state index contributed by atoms with van der Waals surface area (Å²) in [7, 11) is 1.43. The van der Waals surface area contributed by atoms with Gasteiger partial charge in [-0.2, -0.15) is 0 Å². The lowest BCUT2D eigenvalue weighted by molar-refractivity contribution is -0.133. The number of carboxylic acid groups (broad SMARTS) is 1. The van der Waals surface area contributed by atoms with Gasteiger partial charge in [-0.1, -0.05) is 6.07 Å². The van der Waals surface area contributed by atoms with Crippen LogP contribution in [0.2, 0.25) is 0 Å². The third-order valence-corrected chi connectivity index (χ3v) is 3.26. The zero-order valence-electron chi connectivity index (χ0n) is 10.8. The van der Waals surface area contributed by atoms with E-state index in [9.17, 15) is 23.5 Å². The summed E-state index contributed by atoms with van der Waals surface area (Å²) in [6.07, 6.45) is 0. The molecule has 0 radical (unpaired) electrons. The van der Waals surface area contributed by atoms with Crippen molar-refractivity contribution in [2.45, 2.75) is 13.0 Å². The highest BCUT2D eigenvalue weighted by Crippen LogP contribution is 2.30. The van der Waals surface area contributed by atoms with E-state index in [0.717, 1.165) is 17.0 Å². The summed E-state index contributed by atoms with van der Waals surface area (Å²) in [5, 5.41) is 11.7. The Balaban J connectivity index is 2.56. The molecule has 2 rings (SSSR count). The molecule has 0 spiro atoms. The molecule has 0 saturated heterocycles. The van der Waals surface area contributed by atoms with E-state index in [1.54, 1.807) is 0 Å². The highest BCUT2D eigenvalue weighted by Gasteiger charge is 2.34. The van der Waals surface area contributed by atoms with Gasteiger partial charge in [0.25, 0.3) is 0 Å². The fraction of sp³-hybridized carbons (Fsp3) is 0.231. The van der Waals surface area contributed by atoms with Crippen LogP contribution in [0.15, 0.2) is 29.5 Å². The van der Waals surface area contributed by atoms with E-state index in [0.29, 0.717) is 0 Å². The van der Waals surface area contributed by atoms with Crippen LogP contribution in [0, 0.1) is 11.6 Å². The van der Waals surface area contributed by atoms with Crippen LogP contribution in [0.5, 0.6) is 0 Å². The smallest absolute Gasteiger partial charge is 0.335 e. The molecular formula is C13H12F2N2O3. The molecule has 0 fully saturated rings. The highest BCUT2D eigenvalue weighted by atomic mass is 19.2. The lowest BCUT2D eigenvalue weighted by atomic mass is 9.95. The van der Waals surface area contributed by atoms with Crippen molar-refractivity contribution < 1.29 is 23.5 Å². The van der Waals surface area contributed by atoms with Crippen LogP contribution >= 0.6 is 0 Å². The monoisotopic (exact) mass is 282 g/mol. The van der Waals surface area contributed by atoms with Gasteiger partial charge in [-0.15, -0.1) is 0 Å². The van der Waals surface area contributed by atoms with Gasteiger partial charge in [0, 0.05) is 12.7 Å². The molecule has 0 bridgehead atoms.